The van der Waals surface area contributed by atoms with Crippen LogP contribution in [0.2, 0.25) is 0 Å². The first-order valence-corrected chi connectivity index (χ1v) is 6.46. The summed E-state index contributed by atoms with van der Waals surface area (Å²) in [4.78, 5) is 23.1. The molecule has 2 amide bonds. The Bertz CT molecular complexity index is 282. The fourth-order valence-corrected chi connectivity index (χ4v) is 1.37. The van der Waals surface area contributed by atoms with E-state index in [1.54, 1.807) is 0 Å². The van der Waals surface area contributed by atoms with Crippen molar-refractivity contribution in [1.29, 1.82) is 0 Å². The molecule has 0 heterocycles. The van der Waals surface area contributed by atoms with Gasteiger partial charge in [0, 0.05) is 18.5 Å². The van der Waals surface area contributed by atoms with Gasteiger partial charge in [-0.1, -0.05) is 34.6 Å². The van der Waals surface area contributed by atoms with Crippen LogP contribution in [0.5, 0.6) is 0 Å². The molecule has 0 spiro atoms. The quantitative estimate of drug-likeness (QED) is 0.610. The maximum Gasteiger partial charge on any atom is 0.236 e. The Hall–Kier alpha value is -1.10. The largest absolute Gasteiger partial charge is 0.354 e. The van der Waals surface area contributed by atoms with Crippen LogP contribution in [0.4, 0.5) is 0 Å². The number of hydrogen-bond donors (Lipinski definition) is 3. The van der Waals surface area contributed by atoms with Crippen LogP contribution in [-0.2, 0) is 9.59 Å². The Morgan fingerprint density at radius 3 is 2.06 bits per heavy atom. The summed E-state index contributed by atoms with van der Waals surface area (Å²) in [6, 6.07) is -0.469. The van der Waals surface area contributed by atoms with Gasteiger partial charge in [-0.2, -0.15) is 0 Å². The Labute approximate surface area is 110 Å². The van der Waals surface area contributed by atoms with Crippen molar-refractivity contribution >= 4 is 11.8 Å². The van der Waals surface area contributed by atoms with Crippen molar-refractivity contribution in [3.8, 4) is 0 Å². The molecule has 0 rings (SSSR count). The summed E-state index contributed by atoms with van der Waals surface area (Å²) < 4.78 is 0. The van der Waals surface area contributed by atoms with E-state index in [4.69, 9.17) is 5.73 Å². The predicted octanol–water partition coefficient (Wildman–Crippen LogP) is 0.638. The lowest BCUT2D eigenvalue weighted by molar-refractivity contribution is -0.128. The van der Waals surface area contributed by atoms with E-state index < -0.39 is 11.5 Å². The molecule has 0 aromatic rings. The molecular weight excluding hydrogens is 230 g/mol. The van der Waals surface area contributed by atoms with Crippen molar-refractivity contribution in [2.24, 2.45) is 17.1 Å². The zero-order chi connectivity index (χ0) is 14.3. The summed E-state index contributed by atoms with van der Waals surface area (Å²) in [6.45, 7) is 10.4. The Morgan fingerprint density at radius 2 is 1.61 bits per heavy atom. The van der Waals surface area contributed by atoms with E-state index in [-0.39, 0.29) is 11.8 Å². The van der Waals surface area contributed by atoms with Gasteiger partial charge in [-0.05, 0) is 12.3 Å². The molecule has 5 nitrogen and oxygen atoms in total. The van der Waals surface area contributed by atoms with E-state index in [0.717, 1.165) is 0 Å². The van der Waals surface area contributed by atoms with Gasteiger partial charge in [-0.25, -0.2) is 0 Å². The summed E-state index contributed by atoms with van der Waals surface area (Å²) in [5, 5.41) is 5.48. The van der Waals surface area contributed by atoms with Gasteiger partial charge in [0.05, 0.1) is 6.04 Å². The standard InChI is InChI=1S/C13H27N3O2/c1-9(2)8-10(14)11(17)15-6-7-16-12(18)13(3,4)5/h9-10H,6-8,14H2,1-5H3,(H,15,17)(H,16,18)/t10-/m0/s1. The lowest BCUT2D eigenvalue weighted by Crippen LogP contribution is -2.45. The van der Waals surface area contributed by atoms with Crippen LogP contribution in [0.3, 0.4) is 0 Å². The predicted molar refractivity (Wildman–Crippen MR) is 72.9 cm³/mol. The van der Waals surface area contributed by atoms with Crippen molar-refractivity contribution in [2.75, 3.05) is 13.1 Å². The summed E-state index contributed by atoms with van der Waals surface area (Å²) in [5.41, 5.74) is 5.33. The summed E-state index contributed by atoms with van der Waals surface area (Å²) >= 11 is 0. The maximum atomic E-state index is 11.6. The molecule has 0 unspecified atom stereocenters. The highest BCUT2D eigenvalue weighted by molar-refractivity contribution is 5.82. The SMILES string of the molecule is CC(C)C[C@H](N)C(=O)NCCNC(=O)C(C)(C)C. The fraction of sp³-hybridized carbons (Fsp3) is 0.846. The highest BCUT2D eigenvalue weighted by Crippen LogP contribution is 2.11. The summed E-state index contributed by atoms with van der Waals surface area (Å²) in [6.07, 6.45) is 0.667. The van der Waals surface area contributed by atoms with Crippen LogP contribution in [0, 0.1) is 11.3 Å². The van der Waals surface area contributed by atoms with Crippen molar-refractivity contribution in [3.05, 3.63) is 0 Å². The number of carbonyl (C=O) groups is 2. The van der Waals surface area contributed by atoms with Gasteiger partial charge >= 0.3 is 0 Å². The number of nitrogens with one attached hydrogen (secondary N) is 2. The van der Waals surface area contributed by atoms with E-state index >= 15 is 0 Å². The van der Waals surface area contributed by atoms with Gasteiger partial charge in [0.2, 0.25) is 11.8 Å². The van der Waals surface area contributed by atoms with E-state index in [9.17, 15) is 9.59 Å². The zero-order valence-electron chi connectivity index (χ0n) is 12.2. The van der Waals surface area contributed by atoms with Gasteiger partial charge in [-0.3, -0.25) is 9.59 Å². The highest BCUT2D eigenvalue weighted by Gasteiger charge is 2.20. The molecule has 0 saturated heterocycles. The molecule has 4 N–H and O–H groups in total. The number of amides is 2. The molecule has 0 aromatic heterocycles. The summed E-state index contributed by atoms with van der Waals surface area (Å²) in [7, 11) is 0. The van der Waals surface area contributed by atoms with Crippen molar-refractivity contribution in [2.45, 2.75) is 47.1 Å². The second kappa shape index (κ2) is 7.36. The van der Waals surface area contributed by atoms with E-state index in [0.29, 0.717) is 25.4 Å². The average Bonchev–Trinajstić information content (AvgIpc) is 2.21. The average molecular weight is 257 g/mol. The van der Waals surface area contributed by atoms with Crippen molar-refractivity contribution < 1.29 is 9.59 Å². The molecule has 0 saturated carbocycles. The number of rotatable bonds is 6. The van der Waals surface area contributed by atoms with Crippen LogP contribution < -0.4 is 16.4 Å². The lowest BCUT2D eigenvalue weighted by atomic mass is 9.96. The van der Waals surface area contributed by atoms with Crippen LogP contribution >= 0.6 is 0 Å². The first kappa shape index (κ1) is 16.9. The number of nitrogens with two attached hydrogens (primary N) is 1. The van der Waals surface area contributed by atoms with E-state index in [1.807, 2.05) is 34.6 Å². The van der Waals surface area contributed by atoms with Crippen molar-refractivity contribution in [3.63, 3.8) is 0 Å². The molecule has 0 bridgehead atoms. The Kier molecular flexibility index (Phi) is 6.91. The van der Waals surface area contributed by atoms with Gasteiger partial charge in [0.15, 0.2) is 0 Å². The molecular formula is C13H27N3O2. The van der Waals surface area contributed by atoms with Crippen LogP contribution in [0.25, 0.3) is 0 Å². The third-order valence-electron chi connectivity index (χ3n) is 2.45. The van der Waals surface area contributed by atoms with Gasteiger partial charge in [-0.15, -0.1) is 0 Å². The first-order chi connectivity index (χ1) is 8.14. The molecule has 0 radical (unpaired) electrons. The summed E-state index contributed by atoms with van der Waals surface area (Å²) in [5.74, 6) is 0.211. The molecule has 18 heavy (non-hydrogen) atoms. The molecule has 0 aliphatic carbocycles. The minimum Gasteiger partial charge on any atom is -0.354 e. The number of carbonyl (C=O) groups excluding carboxylic acids is 2. The van der Waals surface area contributed by atoms with Gasteiger partial charge in [0.25, 0.3) is 0 Å². The smallest absolute Gasteiger partial charge is 0.236 e. The molecule has 0 aliphatic heterocycles. The van der Waals surface area contributed by atoms with Gasteiger partial charge in [0.1, 0.15) is 0 Å². The van der Waals surface area contributed by atoms with Gasteiger partial charge < -0.3 is 16.4 Å². The van der Waals surface area contributed by atoms with Crippen LogP contribution in [-0.4, -0.2) is 30.9 Å². The molecule has 0 aromatic carbocycles. The zero-order valence-corrected chi connectivity index (χ0v) is 12.2. The third-order valence-corrected chi connectivity index (χ3v) is 2.45. The maximum absolute atomic E-state index is 11.6. The third kappa shape index (κ3) is 7.27. The van der Waals surface area contributed by atoms with E-state index in [2.05, 4.69) is 10.6 Å². The normalized spacial score (nSPS) is 13.3. The highest BCUT2D eigenvalue weighted by atomic mass is 16.2. The Morgan fingerprint density at radius 1 is 1.11 bits per heavy atom. The number of hydrogen-bond acceptors (Lipinski definition) is 3. The lowest BCUT2D eigenvalue weighted by Gasteiger charge is -2.18. The second-order valence-corrected chi connectivity index (χ2v) is 6.03. The van der Waals surface area contributed by atoms with Crippen LogP contribution in [0.15, 0.2) is 0 Å². The fourth-order valence-electron chi connectivity index (χ4n) is 1.37. The van der Waals surface area contributed by atoms with Crippen molar-refractivity contribution in [1.82, 2.24) is 10.6 Å². The van der Waals surface area contributed by atoms with E-state index in [1.165, 1.54) is 0 Å². The van der Waals surface area contributed by atoms with Crippen LogP contribution in [0.1, 0.15) is 41.0 Å². The minimum absolute atomic E-state index is 0.0248. The second-order valence-electron chi connectivity index (χ2n) is 6.03. The minimum atomic E-state index is -0.469. The Balaban J connectivity index is 3.79. The topological polar surface area (TPSA) is 84.2 Å². The molecule has 0 fully saturated rings. The molecule has 106 valence electrons. The first-order valence-electron chi connectivity index (χ1n) is 6.46. The molecule has 1 atom stereocenters. The monoisotopic (exact) mass is 257 g/mol. The molecule has 5 heteroatoms. The molecule has 0 aliphatic rings.